The largest absolute Gasteiger partial charge is 0.505 e. The summed E-state index contributed by atoms with van der Waals surface area (Å²) in [5, 5.41) is 22.8. The molecule has 7 nitrogen and oxygen atoms in total. The van der Waals surface area contributed by atoms with Crippen molar-refractivity contribution in [1.29, 1.82) is 0 Å². The van der Waals surface area contributed by atoms with E-state index in [1.54, 1.807) is 18.2 Å². The van der Waals surface area contributed by atoms with E-state index >= 15 is 0 Å². The van der Waals surface area contributed by atoms with E-state index in [1.807, 2.05) is 60.7 Å². The van der Waals surface area contributed by atoms with Crippen molar-refractivity contribution < 1.29 is 24.5 Å². The van der Waals surface area contributed by atoms with Crippen molar-refractivity contribution in [2.75, 3.05) is 6.54 Å². The zero-order valence-electron chi connectivity index (χ0n) is 16.3. The molecule has 3 aromatic carbocycles. The molecule has 0 unspecified atom stereocenters. The highest BCUT2D eigenvalue weighted by molar-refractivity contribution is 6.07. The first-order valence-corrected chi connectivity index (χ1v) is 9.48. The second kappa shape index (κ2) is 8.54. The van der Waals surface area contributed by atoms with E-state index in [0.717, 1.165) is 5.56 Å². The molecule has 4 rings (SSSR count). The number of aliphatic carboxylic acids is 1. The Morgan fingerprint density at radius 3 is 2.23 bits per heavy atom. The molecule has 0 atom stereocenters. The third kappa shape index (κ3) is 4.30. The van der Waals surface area contributed by atoms with Gasteiger partial charge in [-0.2, -0.15) is 0 Å². The topological polar surface area (TPSA) is 109 Å². The number of aromatic hydroxyl groups is 1. The highest BCUT2D eigenvalue weighted by Gasteiger charge is 2.21. The maximum Gasteiger partial charge on any atom is 0.322 e. The van der Waals surface area contributed by atoms with Gasteiger partial charge in [-0.05, 0) is 30.3 Å². The molecule has 0 fully saturated rings. The highest BCUT2D eigenvalue weighted by Crippen LogP contribution is 2.37. The van der Waals surface area contributed by atoms with Crippen molar-refractivity contribution in [3.05, 3.63) is 84.6 Å². The average molecular weight is 414 g/mol. The third-order valence-corrected chi connectivity index (χ3v) is 4.59. The van der Waals surface area contributed by atoms with Crippen molar-refractivity contribution in [2.45, 2.75) is 0 Å². The lowest BCUT2D eigenvalue weighted by Gasteiger charge is -2.14. The lowest BCUT2D eigenvalue weighted by atomic mass is 10.0. The quantitative estimate of drug-likeness (QED) is 0.436. The number of hydrogen-bond donors (Lipinski definition) is 3. The van der Waals surface area contributed by atoms with Crippen LogP contribution in [0.4, 0.5) is 0 Å². The Morgan fingerprint density at radius 2 is 1.55 bits per heavy atom. The van der Waals surface area contributed by atoms with Crippen LogP contribution >= 0.6 is 0 Å². The molecule has 3 N–H and O–H groups in total. The van der Waals surface area contributed by atoms with Crippen LogP contribution in [0.1, 0.15) is 10.5 Å². The number of hydrogen-bond acceptors (Lipinski definition) is 5. The summed E-state index contributed by atoms with van der Waals surface area (Å²) in [5.74, 6) is -1.10. The first kappa shape index (κ1) is 19.9. The van der Waals surface area contributed by atoms with Crippen molar-refractivity contribution in [1.82, 2.24) is 10.3 Å². The fraction of sp³-hybridized carbons (Fsp3) is 0.0417. The average Bonchev–Trinajstić information content (AvgIpc) is 2.79. The molecule has 0 aliphatic carbocycles. The number of aromatic nitrogens is 1. The molecule has 0 radical (unpaired) electrons. The summed E-state index contributed by atoms with van der Waals surface area (Å²) < 4.78 is 5.91. The summed E-state index contributed by atoms with van der Waals surface area (Å²) in [5.41, 5.74) is 0.952. The van der Waals surface area contributed by atoms with Crippen LogP contribution in [0.3, 0.4) is 0 Å². The Balaban J connectivity index is 1.85. The Kier molecular flexibility index (Phi) is 5.49. The second-order valence-electron chi connectivity index (χ2n) is 6.72. The molecule has 0 saturated carbocycles. The van der Waals surface area contributed by atoms with Crippen molar-refractivity contribution >= 4 is 22.6 Å². The first-order chi connectivity index (χ1) is 15.0. The molecule has 0 aliphatic heterocycles. The van der Waals surface area contributed by atoms with E-state index in [-0.39, 0.29) is 11.4 Å². The first-order valence-electron chi connectivity index (χ1n) is 9.48. The zero-order valence-corrected chi connectivity index (χ0v) is 16.3. The summed E-state index contributed by atoms with van der Waals surface area (Å²) in [7, 11) is 0. The number of carboxylic acid groups (broad SMARTS) is 1. The van der Waals surface area contributed by atoms with Gasteiger partial charge >= 0.3 is 5.97 Å². The number of carbonyl (C=O) groups is 2. The van der Waals surface area contributed by atoms with Gasteiger partial charge in [-0.3, -0.25) is 9.59 Å². The minimum Gasteiger partial charge on any atom is -0.505 e. The van der Waals surface area contributed by atoms with Crippen molar-refractivity contribution in [3.63, 3.8) is 0 Å². The summed E-state index contributed by atoms with van der Waals surface area (Å²) in [6.45, 7) is -0.581. The number of carbonyl (C=O) groups excluding carboxylic acids is 1. The number of benzene rings is 3. The number of fused-ring (bicyclic) bond motifs is 1. The smallest absolute Gasteiger partial charge is 0.322 e. The second-order valence-corrected chi connectivity index (χ2v) is 6.72. The van der Waals surface area contributed by atoms with E-state index in [0.29, 0.717) is 28.0 Å². The maximum absolute atomic E-state index is 12.5. The van der Waals surface area contributed by atoms with Gasteiger partial charge < -0.3 is 20.3 Å². The van der Waals surface area contributed by atoms with Crippen LogP contribution < -0.4 is 10.1 Å². The molecular formula is C24H18N2O5. The predicted octanol–water partition coefficient (Wildman–Crippen LogP) is 4.21. The Morgan fingerprint density at radius 1 is 0.871 bits per heavy atom. The van der Waals surface area contributed by atoms with E-state index in [9.17, 15) is 14.7 Å². The SMILES string of the molecule is O=C(O)CNC(=O)c1nc(-c2ccccc2)c2cc(Oc3ccccc3)ccc2c1O. The summed E-state index contributed by atoms with van der Waals surface area (Å²) in [6, 6.07) is 23.5. The van der Waals surface area contributed by atoms with E-state index in [1.165, 1.54) is 0 Å². The molecule has 154 valence electrons. The standard InChI is InChI=1S/C24H18N2O5/c27-20(28)14-25-24(30)22-23(29)18-12-11-17(31-16-9-5-2-6-10-16)13-19(18)21(26-22)15-7-3-1-4-8-15/h1-13,29H,14H2,(H,25,30)(H,27,28). The predicted molar refractivity (Wildman–Crippen MR) is 115 cm³/mol. The Bertz CT molecular complexity index is 1260. The van der Waals surface area contributed by atoms with E-state index in [2.05, 4.69) is 10.3 Å². The Hall–Kier alpha value is -4.39. The fourth-order valence-electron chi connectivity index (χ4n) is 3.18. The number of carboxylic acids is 1. The van der Waals surface area contributed by atoms with Gasteiger partial charge in [-0.15, -0.1) is 0 Å². The van der Waals surface area contributed by atoms with Crippen LogP contribution in [-0.2, 0) is 4.79 Å². The minimum atomic E-state index is -1.19. The third-order valence-electron chi connectivity index (χ3n) is 4.59. The molecular weight excluding hydrogens is 396 g/mol. The number of nitrogens with one attached hydrogen (secondary N) is 1. The van der Waals surface area contributed by atoms with Crippen LogP contribution in [0.25, 0.3) is 22.0 Å². The monoisotopic (exact) mass is 414 g/mol. The van der Waals surface area contributed by atoms with Gasteiger partial charge in [0.1, 0.15) is 18.0 Å². The van der Waals surface area contributed by atoms with Crippen LogP contribution in [-0.4, -0.2) is 33.6 Å². The maximum atomic E-state index is 12.5. The van der Waals surface area contributed by atoms with Gasteiger partial charge in [-0.1, -0.05) is 48.5 Å². The Labute approximate surface area is 177 Å². The van der Waals surface area contributed by atoms with Gasteiger partial charge in [0.05, 0.1) is 5.69 Å². The van der Waals surface area contributed by atoms with Crippen LogP contribution in [0, 0.1) is 0 Å². The van der Waals surface area contributed by atoms with Crippen molar-refractivity contribution in [3.8, 4) is 28.5 Å². The molecule has 4 aromatic rings. The molecule has 0 aliphatic rings. The zero-order chi connectivity index (χ0) is 21.8. The number of pyridine rings is 1. The highest BCUT2D eigenvalue weighted by atomic mass is 16.5. The van der Waals surface area contributed by atoms with Gasteiger partial charge in [0, 0.05) is 16.3 Å². The summed E-state index contributed by atoms with van der Waals surface area (Å²) in [4.78, 5) is 27.7. The summed E-state index contributed by atoms with van der Waals surface area (Å²) in [6.07, 6.45) is 0. The number of para-hydroxylation sites is 1. The molecule has 0 spiro atoms. The number of nitrogens with zero attached hydrogens (tertiary/aromatic N) is 1. The summed E-state index contributed by atoms with van der Waals surface area (Å²) >= 11 is 0. The van der Waals surface area contributed by atoms with Crippen LogP contribution in [0.5, 0.6) is 17.2 Å². The lowest BCUT2D eigenvalue weighted by molar-refractivity contribution is -0.135. The lowest BCUT2D eigenvalue weighted by Crippen LogP contribution is -2.30. The number of ether oxygens (including phenoxy) is 1. The molecule has 1 heterocycles. The molecule has 0 bridgehead atoms. The molecule has 1 aromatic heterocycles. The van der Waals surface area contributed by atoms with Gasteiger partial charge in [-0.25, -0.2) is 4.98 Å². The van der Waals surface area contributed by atoms with Crippen LogP contribution in [0.15, 0.2) is 78.9 Å². The number of rotatable bonds is 6. The van der Waals surface area contributed by atoms with Crippen molar-refractivity contribution in [2.24, 2.45) is 0 Å². The minimum absolute atomic E-state index is 0.246. The fourth-order valence-corrected chi connectivity index (χ4v) is 3.18. The molecule has 1 amide bonds. The van der Waals surface area contributed by atoms with E-state index in [4.69, 9.17) is 9.84 Å². The van der Waals surface area contributed by atoms with Crippen LogP contribution in [0.2, 0.25) is 0 Å². The molecule has 0 saturated heterocycles. The van der Waals surface area contributed by atoms with Gasteiger partial charge in [0.15, 0.2) is 11.4 Å². The molecule has 31 heavy (non-hydrogen) atoms. The van der Waals surface area contributed by atoms with Gasteiger partial charge in [0.2, 0.25) is 0 Å². The number of amides is 1. The molecule has 7 heteroatoms. The normalized spacial score (nSPS) is 10.6. The van der Waals surface area contributed by atoms with E-state index < -0.39 is 18.4 Å². The van der Waals surface area contributed by atoms with Gasteiger partial charge in [0.25, 0.3) is 5.91 Å².